The zero-order valence-corrected chi connectivity index (χ0v) is 12.9. The predicted molar refractivity (Wildman–Crippen MR) is 83.6 cm³/mol. The first-order chi connectivity index (χ1) is 9.54. The Balaban J connectivity index is 3.10. The van der Waals surface area contributed by atoms with Gasteiger partial charge in [0, 0.05) is 23.7 Å². The van der Waals surface area contributed by atoms with Crippen molar-refractivity contribution in [3.05, 3.63) is 34.9 Å². The largest absolute Gasteiger partial charge is 0.336 e. The first kappa shape index (κ1) is 16.3. The highest BCUT2D eigenvalue weighted by Crippen LogP contribution is 2.15. The van der Waals surface area contributed by atoms with Crippen LogP contribution in [0.1, 0.15) is 48.7 Å². The second-order valence-electron chi connectivity index (χ2n) is 4.88. The summed E-state index contributed by atoms with van der Waals surface area (Å²) >= 11 is 0. The lowest BCUT2D eigenvalue weighted by molar-refractivity contribution is 0.0700. The molecule has 0 saturated heterocycles. The number of hydrogen-bond acceptors (Lipinski definition) is 2. The molecule has 1 rings (SSSR count). The molecule has 0 heterocycles. The van der Waals surface area contributed by atoms with Crippen molar-refractivity contribution in [1.29, 1.82) is 0 Å². The van der Waals surface area contributed by atoms with E-state index in [1.54, 1.807) is 0 Å². The van der Waals surface area contributed by atoms with Crippen LogP contribution in [0.25, 0.3) is 0 Å². The summed E-state index contributed by atoms with van der Waals surface area (Å²) in [5.41, 5.74) is 8.04. The Morgan fingerprint density at radius 3 is 2.65 bits per heavy atom. The van der Waals surface area contributed by atoms with Crippen molar-refractivity contribution in [3.63, 3.8) is 0 Å². The summed E-state index contributed by atoms with van der Waals surface area (Å²) in [5.74, 6) is 5.93. The van der Waals surface area contributed by atoms with Gasteiger partial charge in [0.15, 0.2) is 0 Å². The molecule has 0 fully saturated rings. The van der Waals surface area contributed by atoms with Gasteiger partial charge in [0.1, 0.15) is 0 Å². The maximum atomic E-state index is 12.6. The van der Waals surface area contributed by atoms with E-state index in [-0.39, 0.29) is 11.9 Å². The van der Waals surface area contributed by atoms with Gasteiger partial charge in [-0.15, -0.1) is 0 Å². The number of nitrogens with two attached hydrogens (primary N) is 1. The van der Waals surface area contributed by atoms with Crippen LogP contribution in [0.4, 0.5) is 0 Å². The quantitative estimate of drug-likeness (QED) is 0.856. The standard InChI is InChI=1S/C17H24N2O/c1-5-14(4)19(6-2)17(20)16-10-9-13(3)15(12-16)8-7-11-18/h9-10,12,14H,5-6,11,18H2,1-4H3. The van der Waals surface area contributed by atoms with E-state index in [4.69, 9.17) is 5.73 Å². The fourth-order valence-corrected chi connectivity index (χ4v) is 2.08. The van der Waals surface area contributed by atoms with Crippen molar-refractivity contribution in [2.75, 3.05) is 13.1 Å². The molecule has 0 radical (unpaired) electrons. The van der Waals surface area contributed by atoms with Gasteiger partial charge in [0.2, 0.25) is 0 Å². The Labute approximate surface area is 122 Å². The fraction of sp³-hybridized carbons (Fsp3) is 0.471. The van der Waals surface area contributed by atoms with Crippen LogP contribution in [0.5, 0.6) is 0 Å². The first-order valence-electron chi connectivity index (χ1n) is 7.15. The van der Waals surface area contributed by atoms with E-state index in [9.17, 15) is 4.79 Å². The Morgan fingerprint density at radius 1 is 1.40 bits per heavy atom. The summed E-state index contributed by atoms with van der Waals surface area (Å²) < 4.78 is 0. The van der Waals surface area contributed by atoms with Crippen molar-refractivity contribution < 1.29 is 4.79 Å². The van der Waals surface area contributed by atoms with Gasteiger partial charge in [-0.2, -0.15) is 0 Å². The molecule has 1 unspecified atom stereocenters. The molecular weight excluding hydrogens is 248 g/mol. The molecule has 0 aliphatic carbocycles. The van der Waals surface area contributed by atoms with E-state index in [1.165, 1.54) is 0 Å². The lowest BCUT2D eigenvalue weighted by atomic mass is 10.0. The molecule has 1 amide bonds. The molecule has 20 heavy (non-hydrogen) atoms. The molecule has 0 aromatic heterocycles. The number of rotatable bonds is 4. The molecule has 3 nitrogen and oxygen atoms in total. The van der Waals surface area contributed by atoms with Gasteiger partial charge < -0.3 is 10.6 Å². The van der Waals surface area contributed by atoms with E-state index in [2.05, 4.69) is 25.7 Å². The van der Waals surface area contributed by atoms with Crippen molar-refractivity contribution in [3.8, 4) is 11.8 Å². The molecular formula is C17H24N2O. The fourth-order valence-electron chi connectivity index (χ4n) is 2.08. The van der Waals surface area contributed by atoms with Crippen molar-refractivity contribution >= 4 is 5.91 Å². The zero-order chi connectivity index (χ0) is 15.1. The lowest BCUT2D eigenvalue weighted by Gasteiger charge is -2.27. The minimum atomic E-state index is 0.0673. The smallest absolute Gasteiger partial charge is 0.254 e. The number of aryl methyl sites for hydroxylation is 1. The zero-order valence-electron chi connectivity index (χ0n) is 12.9. The number of benzene rings is 1. The molecule has 0 aliphatic heterocycles. The predicted octanol–water partition coefficient (Wildman–Crippen LogP) is 2.57. The maximum absolute atomic E-state index is 12.6. The molecule has 0 spiro atoms. The molecule has 3 heteroatoms. The van der Waals surface area contributed by atoms with Gasteiger partial charge in [-0.1, -0.05) is 24.8 Å². The molecule has 0 aliphatic rings. The number of nitrogens with zero attached hydrogens (tertiary/aromatic N) is 1. The van der Waals surface area contributed by atoms with Crippen LogP contribution in [0, 0.1) is 18.8 Å². The third-order valence-corrected chi connectivity index (χ3v) is 3.53. The van der Waals surface area contributed by atoms with Crippen LogP contribution in [0.2, 0.25) is 0 Å². The number of carbonyl (C=O) groups excluding carboxylic acids is 1. The molecule has 0 bridgehead atoms. The van der Waals surface area contributed by atoms with Crippen LogP contribution >= 0.6 is 0 Å². The summed E-state index contributed by atoms with van der Waals surface area (Å²) in [7, 11) is 0. The molecule has 1 atom stereocenters. The van der Waals surface area contributed by atoms with E-state index < -0.39 is 0 Å². The van der Waals surface area contributed by atoms with Gasteiger partial charge >= 0.3 is 0 Å². The number of amides is 1. The minimum Gasteiger partial charge on any atom is -0.336 e. The third-order valence-electron chi connectivity index (χ3n) is 3.53. The van der Waals surface area contributed by atoms with Gasteiger partial charge in [0.25, 0.3) is 5.91 Å². The van der Waals surface area contributed by atoms with E-state index in [0.717, 1.165) is 17.5 Å². The highest BCUT2D eigenvalue weighted by Gasteiger charge is 2.19. The van der Waals surface area contributed by atoms with Gasteiger partial charge in [0.05, 0.1) is 6.54 Å². The maximum Gasteiger partial charge on any atom is 0.254 e. The summed E-state index contributed by atoms with van der Waals surface area (Å²) in [5, 5.41) is 0. The topological polar surface area (TPSA) is 46.3 Å². The second-order valence-corrected chi connectivity index (χ2v) is 4.88. The SMILES string of the molecule is CCC(C)N(CC)C(=O)c1ccc(C)c(C#CCN)c1. The highest BCUT2D eigenvalue weighted by molar-refractivity contribution is 5.95. The Hall–Kier alpha value is -1.79. The molecule has 0 saturated carbocycles. The molecule has 1 aromatic carbocycles. The van der Waals surface area contributed by atoms with Crippen LogP contribution in [0.3, 0.4) is 0 Å². The summed E-state index contributed by atoms with van der Waals surface area (Å²) in [6, 6.07) is 5.92. The monoisotopic (exact) mass is 272 g/mol. The van der Waals surface area contributed by atoms with Gasteiger partial charge in [-0.3, -0.25) is 4.79 Å². The Bertz CT molecular complexity index is 526. The number of carbonyl (C=O) groups is 1. The van der Waals surface area contributed by atoms with Crippen LogP contribution in [0.15, 0.2) is 18.2 Å². The molecule has 1 aromatic rings. The van der Waals surface area contributed by atoms with Crippen molar-refractivity contribution in [1.82, 2.24) is 4.90 Å². The average molecular weight is 272 g/mol. The normalized spacial score (nSPS) is 11.4. The van der Waals surface area contributed by atoms with Crippen LogP contribution < -0.4 is 5.73 Å². The van der Waals surface area contributed by atoms with Gasteiger partial charge in [-0.05, 0) is 44.9 Å². The van der Waals surface area contributed by atoms with E-state index in [0.29, 0.717) is 18.7 Å². The Morgan fingerprint density at radius 2 is 2.10 bits per heavy atom. The van der Waals surface area contributed by atoms with Crippen molar-refractivity contribution in [2.45, 2.75) is 40.2 Å². The second kappa shape index (κ2) is 7.72. The highest BCUT2D eigenvalue weighted by atomic mass is 16.2. The first-order valence-corrected chi connectivity index (χ1v) is 7.15. The molecule has 108 valence electrons. The van der Waals surface area contributed by atoms with Gasteiger partial charge in [-0.25, -0.2) is 0 Å². The summed E-state index contributed by atoms with van der Waals surface area (Å²) in [6.45, 7) is 9.20. The summed E-state index contributed by atoms with van der Waals surface area (Å²) in [6.07, 6.45) is 0.950. The number of hydrogen-bond donors (Lipinski definition) is 1. The van der Waals surface area contributed by atoms with Crippen LogP contribution in [-0.4, -0.2) is 29.9 Å². The summed E-state index contributed by atoms with van der Waals surface area (Å²) in [4.78, 5) is 14.5. The lowest BCUT2D eigenvalue weighted by Crippen LogP contribution is -2.38. The third kappa shape index (κ3) is 3.85. The molecule has 2 N–H and O–H groups in total. The van der Waals surface area contributed by atoms with Crippen LogP contribution in [-0.2, 0) is 0 Å². The van der Waals surface area contributed by atoms with E-state index >= 15 is 0 Å². The van der Waals surface area contributed by atoms with Crippen molar-refractivity contribution in [2.24, 2.45) is 5.73 Å². The average Bonchev–Trinajstić information content (AvgIpc) is 2.46. The van der Waals surface area contributed by atoms with E-state index in [1.807, 2.05) is 36.9 Å². The Kier molecular flexibility index (Phi) is 6.27. The minimum absolute atomic E-state index is 0.0673.